The van der Waals surface area contributed by atoms with E-state index >= 15 is 0 Å². The van der Waals surface area contributed by atoms with Crippen molar-refractivity contribution >= 4 is 39.8 Å². The molecule has 1 amide bonds. The van der Waals surface area contributed by atoms with Crippen molar-refractivity contribution in [1.29, 1.82) is 0 Å². The fourth-order valence-corrected chi connectivity index (χ4v) is 7.70. The van der Waals surface area contributed by atoms with Crippen LogP contribution in [0, 0.1) is 17.8 Å². The zero-order chi connectivity index (χ0) is 29.0. The van der Waals surface area contributed by atoms with Gasteiger partial charge in [0.2, 0.25) is 5.91 Å². The van der Waals surface area contributed by atoms with E-state index < -0.39 is 0 Å². The van der Waals surface area contributed by atoms with Crippen molar-refractivity contribution in [2.24, 2.45) is 17.8 Å². The van der Waals surface area contributed by atoms with E-state index in [1.807, 2.05) is 12.1 Å². The number of piperidine rings is 1. The largest absolute Gasteiger partial charge is 0.462 e. The number of carbonyl (C=O) groups excluding carboxylic acids is 1. The zero-order valence-corrected chi connectivity index (χ0v) is 25.4. The van der Waals surface area contributed by atoms with E-state index in [1.165, 1.54) is 17.0 Å². The summed E-state index contributed by atoms with van der Waals surface area (Å²) in [5, 5.41) is 4.35. The summed E-state index contributed by atoms with van der Waals surface area (Å²) in [6.07, 6.45) is 4.12. The van der Waals surface area contributed by atoms with E-state index in [2.05, 4.69) is 46.0 Å². The van der Waals surface area contributed by atoms with Gasteiger partial charge in [-0.2, -0.15) is 9.97 Å². The van der Waals surface area contributed by atoms with Gasteiger partial charge in [-0.25, -0.2) is 5.06 Å². The normalized spacial score (nSPS) is 25.3. The molecule has 222 valence electrons. The number of anilines is 2. The molecule has 3 aromatic rings. The molecule has 0 bridgehead atoms. The van der Waals surface area contributed by atoms with Crippen LogP contribution in [-0.2, 0) is 22.6 Å². The Hall–Kier alpha value is -3.14. The van der Waals surface area contributed by atoms with Gasteiger partial charge in [-0.05, 0) is 68.6 Å². The van der Waals surface area contributed by atoms with E-state index in [1.54, 1.807) is 14.2 Å². The third-order valence-corrected chi connectivity index (χ3v) is 10.3. The molecule has 10 heteroatoms. The summed E-state index contributed by atoms with van der Waals surface area (Å²) in [5.74, 6) is 1.82. The van der Waals surface area contributed by atoms with Gasteiger partial charge >= 0.3 is 6.01 Å². The highest BCUT2D eigenvalue weighted by Crippen LogP contribution is 2.53. The van der Waals surface area contributed by atoms with Gasteiger partial charge in [-0.15, -0.1) is 0 Å². The standard InChI is InChI=1S/C32H39ClN6O3/c1-36-14-6-9-21(36)19-42-32-34-26-18-38(27-11-5-8-20-7-4-10-25(33)28(20)27)15-13-23(26)30(35-32)39-16-12-22-24(17-39)29(22)31(40)37(2)41-3/h4-5,7-8,10-11,21-22,24,29H,6,9,12-19H2,1-3H3/t21?,22-,24+,29+/m0/s1. The van der Waals surface area contributed by atoms with E-state index in [0.717, 1.165) is 78.4 Å². The Labute approximate surface area is 252 Å². The van der Waals surface area contributed by atoms with Crippen molar-refractivity contribution < 1.29 is 14.4 Å². The van der Waals surface area contributed by atoms with Crippen LogP contribution in [0.4, 0.5) is 11.5 Å². The Kier molecular flexibility index (Phi) is 7.36. The van der Waals surface area contributed by atoms with Crippen LogP contribution in [0.5, 0.6) is 6.01 Å². The number of hydroxylamine groups is 2. The van der Waals surface area contributed by atoms with Crippen LogP contribution in [-0.4, -0.2) is 85.9 Å². The second kappa shape index (κ2) is 11.2. The average Bonchev–Trinajstić information content (AvgIpc) is 3.59. The molecule has 42 heavy (non-hydrogen) atoms. The van der Waals surface area contributed by atoms with Gasteiger partial charge in [-0.3, -0.25) is 9.63 Å². The summed E-state index contributed by atoms with van der Waals surface area (Å²) in [5.41, 5.74) is 3.33. The second-order valence-corrected chi connectivity index (χ2v) is 12.6. The molecule has 7 rings (SSSR count). The predicted octanol–water partition coefficient (Wildman–Crippen LogP) is 4.41. The van der Waals surface area contributed by atoms with Crippen molar-refractivity contribution in [3.8, 4) is 6.01 Å². The van der Waals surface area contributed by atoms with Crippen LogP contribution in [0.1, 0.15) is 30.5 Å². The topological polar surface area (TPSA) is 74.3 Å². The van der Waals surface area contributed by atoms with E-state index in [0.29, 0.717) is 37.0 Å². The number of aromatic nitrogens is 2. The number of hydrogen-bond donors (Lipinski definition) is 0. The number of fused-ring (bicyclic) bond motifs is 3. The summed E-state index contributed by atoms with van der Waals surface area (Å²) in [6.45, 7) is 4.88. The molecular weight excluding hydrogens is 552 g/mol. The number of rotatable bonds is 7. The fraction of sp³-hybridized carbons (Fsp3) is 0.531. The SMILES string of the molecule is CON(C)C(=O)[C@H]1[C@@H]2CN(c3nc(OCC4CCCN4C)nc4c3CCN(c3cccc5cccc(Cl)c35)C4)CC[C@@H]21. The van der Waals surface area contributed by atoms with E-state index in [-0.39, 0.29) is 11.8 Å². The molecule has 2 saturated heterocycles. The van der Waals surface area contributed by atoms with Gasteiger partial charge in [-0.1, -0.05) is 35.9 Å². The monoisotopic (exact) mass is 590 g/mol. The number of hydrogen-bond acceptors (Lipinski definition) is 8. The summed E-state index contributed by atoms with van der Waals surface area (Å²) >= 11 is 6.71. The predicted molar refractivity (Wildman–Crippen MR) is 164 cm³/mol. The van der Waals surface area contributed by atoms with Gasteiger partial charge in [0, 0.05) is 55.3 Å². The fourth-order valence-electron chi connectivity index (χ4n) is 7.42. The van der Waals surface area contributed by atoms with Crippen LogP contribution in [0.15, 0.2) is 36.4 Å². The molecule has 3 aliphatic heterocycles. The molecule has 1 aliphatic carbocycles. The van der Waals surface area contributed by atoms with Crippen LogP contribution < -0.4 is 14.5 Å². The summed E-state index contributed by atoms with van der Waals surface area (Å²) < 4.78 is 6.32. The van der Waals surface area contributed by atoms with E-state index in [9.17, 15) is 4.79 Å². The van der Waals surface area contributed by atoms with Crippen molar-refractivity contribution in [3.63, 3.8) is 0 Å². The number of carbonyl (C=O) groups is 1. The van der Waals surface area contributed by atoms with Gasteiger partial charge in [0.15, 0.2) is 0 Å². The molecule has 1 saturated carbocycles. The Balaban J connectivity index is 1.19. The number of amides is 1. The number of likely N-dealkylation sites (N-methyl/N-ethyl adjacent to an activating group) is 1. The third kappa shape index (κ3) is 4.95. The Bertz CT molecular complexity index is 1500. The first-order chi connectivity index (χ1) is 20.4. The second-order valence-electron chi connectivity index (χ2n) is 12.2. The lowest BCUT2D eigenvalue weighted by atomic mass is 10.0. The lowest BCUT2D eigenvalue weighted by Gasteiger charge is -2.35. The highest BCUT2D eigenvalue weighted by molar-refractivity contribution is 6.36. The minimum absolute atomic E-state index is 0.0258. The Morgan fingerprint density at radius 2 is 1.90 bits per heavy atom. The molecule has 9 nitrogen and oxygen atoms in total. The minimum Gasteiger partial charge on any atom is -0.462 e. The van der Waals surface area contributed by atoms with Gasteiger partial charge in [0.1, 0.15) is 12.4 Å². The maximum absolute atomic E-state index is 12.9. The zero-order valence-electron chi connectivity index (χ0n) is 24.6. The van der Waals surface area contributed by atoms with Crippen molar-refractivity contribution in [2.75, 3.05) is 63.8 Å². The van der Waals surface area contributed by atoms with E-state index in [4.69, 9.17) is 31.1 Å². The first-order valence-electron chi connectivity index (χ1n) is 15.1. The Morgan fingerprint density at radius 3 is 2.69 bits per heavy atom. The number of nitrogens with zero attached hydrogens (tertiary/aromatic N) is 6. The molecule has 3 fully saturated rings. The van der Waals surface area contributed by atoms with Crippen molar-refractivity contribution in [1.82, 2.24) is 19.9 Å². The van der Waals surface area contributed by atoms with Crippen LogP contribution in [0.3, 0.4) is 0 Å². The van der Waals surface area contributed by atoms with Crippen LogP contribution in [0.25, 0.3) is 10.8 Å². The summed E-state index contributed by atoms with van der Waals surface area (Å²) in [6, 6.07) is 13.3. The molecule has 0 radical (unpaired) electrons. The molecule has 4 heterocycles. The first-order valence-corrected chi connectivity index (χ1v) is 15.5. The smallest absolute Gasteiger partial charge is 0.318 e. The quantitative estimate of drug-likeness (QED) is 0.375. The van der Waals surface area contributed by atoms with Gasteiger partial charge in [0.05, 0.1) is 24.4 Å². The Morgan fingerprint density at radius 1 is 1.07 bits per heavy atom. The molecule has 1 aromatic heterocycles. The highest BCUT2D eigenvalue weighted by atomic mass is 35.5. The van der Waals surface area contributed by atoms with Crippen molar-refractivity contribution in [2.45, 2.75) is 38.3 Å². The number of halogens is 1. The van der Waals surface area contributed by atoms with Crippen LogP contribution in [0.2, 0.25) is 5.02 Å². The number of benzene rings is 2. The van der Waals surface area contributed by atoms with Gasteiger partial charge in [0.25, 0.3) is 0 Å². The molecule has 0 spiro atoms. The molecule has 1 unspecified atom stereocenters. The molecule has 0 N–H and O–H groups in total. The molecule has 4 atom stereocenters. The van der Waals surface area contributed by atoms with Gasteiger partial charge < -0.3 is 19.4 Å². The summed E-state index contributed by atoms with van der Waals surface area (Å²) in [7, 11) is 5.40. The first kappa shape index (κ1) is 27.7. The minimum atomic E-state index is 0.0258. The number of likely N-dealkylation sites (tertiary alicyclic amines) is 1. The molecular formula is C32H39ClN6O3. The van der Waals surface area contributed by atoms with Crippen molar-refractivity contribution in [3.05, 3.63) is 52.7 Å². The highest BCUT2D eigenvalue weighted by Gasteiger charge is 2.57. The molecule has 2 aromatic carbocycles. The maximum atomic E-state index is 12.9. The average molecular weight is 591 g/mol. The number of ether oxygens (including phenoxy) is 1. The van der Waals surface area contributed by atoms with Crippen LogP contribution >= 0.6 is 11.6 Å². The lowest BCUT2D eigenvalue weighted by molar-refractivity contribution is -0.170. The lowest BCUT2D eigenvalue weighted by Crippen LogP contribution is -2.37. The third-order valence-electron chi connectivity index (χ3n) is 9.94. The maximum Gasteiger partial charge on any atom is 0.318 e. The summed E-state index contributed by atoms with van der Waals surface area (Å²) in [4.78, 5) is 35.2. The molecule has 4 aliphatic rings.